The largest absolute Gasteiger partial charge is 0.507 e. The number of halogens is 1. The molecular weight excluding hydrogens is 307 g/mol. The first-order chi connectivity index (χ1) is 11.5. The molecule has 0 aliphatic rings. The SMILES string of the molecule is Cn1c(-c2ccccc2)cc(O)c(C(=N)c2ccc(F)cc2)c1=O. The molecule has 0 bridgehead atoms. The fourth-order valence-electron chi connectivity index (χ4n) is 2.57. The average Bonchev–Trinajstić information content (AvgIpc) is 2.59. The topological polar surface area (TPSA) is 66.1 Å². The van der Waals surface area contributed by atoms with E-state index in [1.54, 1.807) is 7.05 Å². The van der Waals surface area contributed by atoms with Crippen molar-refractivity contribution in [3.8, 4) is 17.0 Å². The first-order valence-corrected chi connectivity index (χ1v) is 7.32. The molecule has 1 aromatic heterocycles. The minimum absolute atomic E-state index is 0.108. The molecule has 0 saturated heterocycles. The molecule has 3 rings (SSSR count). The van der Waals surface area contributed by atoms with E-state index in [1.807, 2.05) is 30.3 Å². The number of nitrogens with one attached hydrogen (secondary N) is 1. The van der Waals surface area contributed by atoms with E-state index in [9.17, 15) is 14.3 Å². The van der Waals surface area contributed by atoms with Gasteiger partial charge < -0.3 is 9.67 Å². The van der Waals surface area contributed by atoms with Crippen molar-refractivity contribution in [3.63, 3.8) is 0 Å². The Morgan fingerprint density at radius 3 is 2.33 bits per heavy atom. The number of hydrogen-bond acceptors (Lipinski definition) is 3. The summed E-state index contributed by atoms with van der Waals surface area (Å²) < 4.78 is 14.4. The van der Waals surface area contributed by atoms with Gasteiger partial charge in [0.05, 0.1) is 11.4 Å². The van der Waals surface area contributed by atoms with Crippen LogP contribution in [0, 0.1) is 11.2 Å². The van der Waals surface area contributed by atoms with E-state index in [0.29, 0.717) is 11.3 Å². The third kappa shape index (κ3) is 2.72. The second-order valence-electron chi connectivity index (χ2n) is 5.40. The average molecular weight is 322 g/mol. The van der Waals surface area contributed by atoms with Gasteiger partial charge in [0.2, 0.25) is 0 Å². The van der Waals surface area contributed by atoms with Crippen LogP contribution in [-0.2, 0) is 7.05 Å². The van der Waals surface area contributed by atoms with Gasteiger partial charge in [0, 0.05) is 18.7 Å². The van der Waals surface area contributed by atoms with Crippen LogP contribution < -0.4 is 5.56 Å². The van der Waals surface area contributed by atoms with Crippen LogP contribution in [0.15, 0.2) is 65.5 Å². The number of nitrogens with zero attached hydrogens (tertiary/aromatic N) is 1. The van der Waals surface area contributed by atoms with Crippen LogP contribution in [0.2, 0.25) is 0 Å². The lowest BCUT2D eigenvalue weighted by atomic mass is 10.0. The molecule has 2 aromatic carbocycles. The minimum atomic E-state index is -0.483. The number of aromatic nitrogens is 1. The molecule has 0 spiro atoms. The van der Waals surface area contributed by atoms with E-state index in [-0.39, 0.29) is 17.0 Å². The summed E-state index contributed by atoms with van der Waals surface area (Å²) in [5.41, 5.74) is 0.956. The van der Waals surface area contributed by atoms with Crippen LogP contribution in [0.3, 0.4) is 0 Å². The van der Waals surface area contributed by atoms with Gasteiger partial charge in [0.15, 0.2) is 0 Å². The lowest BCUT2D eigenvalue weighted by molar-refractivity contribution is 0.471. The molecule has 4 nitrogen and oxygen atoms in total. The van der Waals surface area contributed by atoms with E-state index >= 15 is 0 Å². The molecule has 0 saturated carbocycles. The summed E-state index contributed by atoms with van der Waals surface area (Å²) in [5, 5.41) is 18.5. The fraction of sp³-hybridized carbons (Fsp3) is 0.0526. The summed E-state index contributed by atoms with van der Waals surface area (Å²) in [6.45, 7) is 0. The van der Waals surface area contributed by atoms with Crippen molar-refractivity contribution in [3.05, 3.63) is 88.0 Å². The third-order valence-electron chi connectivity index (χ3n) is 3.86. The summed E-state index contributed by atoms with van der Waals surface area (Å²) >= 11 is 0. The van der Waals surface area contributed by atoms with Gasteiger partial charge in [-0.05, 0) is 29.8 Å². The van der Waals surface area contributed by atoms with Crippen LogP contribution in [0.4, 0.5) is 4.39 Å². The first-order valence-electron chi connectivity index (χ1n) is 7.32. The van der Waals surface area contributed by atoms with Crippen molar-refractivity contribution >= 4 is 5.71 Å². The van der Waals surface area contributed by atoms with Crippen molar-refractivity contribution in [1.82, 2.24) is 4.57 Å². The fourth-order valence-corrected chi connectivity index (χ4v) is 2.57. The maximum absolute atomic E-state index is 13.0. The van der Waals surface area contributed by atoms with Gasteiger partial charge in [-0.2, -0.15) is 0 Å². The summed E-state index contributed by atoms with van der Waals surface area (Å²) in [6, 6.07) is 15.9. The predicted molar refractivity (Wildman–Crippen MR) is 91.1 cm³/mol. The Kier molecular flexibility index (Phi) is 4.00. The van der Waals surface area contributed by atoms with Crippen LogP contribution in [0.25, 0.3) is 11.3 Å². The minimum Gasteiger partial charge on any atom is -0.507 e. The Hall–Kier alpha value is -3.21. The van der Waals surface area contributed by atoms with E-state index in [2.05, 4.69) is 0 Å². The zero-order chi connectivity index (χ0) is 17.3. The maximum atomic E-state index is 13.0. The van der Waals surface area contributed by atoms with Crippen molar-refractivity contribution in [2.24, 2.45) is 7.05 Å². The number of aromatic hydroxyl groups is 1. The van der Waals surface area contributed by atoms with Crippen molar-refractivity contribution in [2.75, 3.05) is 0 Å². The molecule has 0 aliphatic heterocycles. The highest BCUT2D eigenvalue weighted by Crippen LogP contribution is 2.25. The van der Waals surface area contributed by atoms with Gasteiger partial charge in [0.25, 0.3) is 5.56 Å². The van der Waals surface area contributed by atoms with Gasteiger partial charge >= 0.3 is 0 Å². The third-order valence-corrected chi connectivity index (χ3v) is 3.86. The van der Waals surface area contributed by atoms with Crippen molar-refractivity contribution < 1.29 is 9.50 Å². The molecular formula is C19H15FN2O2. The predicted octanol–water partition coefficient (Wildman–Crippen LogP) is 3.31. The summed E-state index contributed by atoms with van der Waals surface area (Å²) in [5.74, 6) is -0.700. The molecule has 0 unspecified atom stereocenters. The second kappa shape index (κ2) is 6.12. The number of hydrogen-bond donors (Lipinski definition) is 2. The lowest BCUT2D eigenvalue weighted by Crippen LogP contribution is -2.26. The van der Waals surface area contributed by atoms with Crippen LogP contribution in [-0.4, -0.2) is 15.4 Å². The Morgan fingerprint density at radius 1 is 1.08 bits per heavy atom. The molecule has 2 N–H and O–H groups in total. The Balaban J connectivity index is 2.14. The van der Waals surface area contributed by atoms with Crippen LogP contribution >= 0.6 is 0 Å². The quantitative estimate of drug-likeness (QED) is 0.727. The van der Waals surface area contributed by atoms with E-state index in [1.165, 1.54) is 34.9 Å². The molecule has 0 amide bonds. The summed E-state index contributed by atoms with van der Waals surface area (Å²) in [7, 11) is 1.59. The monoisotopic (exact) mass is 322 g/mol. The highest BCUT2D eigenvalue weighted by Gasteiger charge is 2.18. The van der Waals surface area contributed by atoms with Gasteiger partial charge in [-0.15, -0.1) is 0 Å². The van der Waals surface area contributed by atoms with Gasteiger partial charge in [-0.1, -0.05) is 30.3 Å². The normalized spacial score (nSPS) is 10.6. The standard InChI is InChI=1S/C19H15FN2O2/c1-22-15(12-5-3-2-4-6-12)11-16(23)17(19(22)24)18(21)13-7-9-14(20)10-8-13/h2-11,21,23H,1H3. The molecule has 0 radical (unpaired) electrons. The summed E-state index contributed by atoms with van der Waals surface area (Å²) in [4.78, 5) is 12.7. The lowest BCUT2D eigenvalue weighted by Gasteiger charge is -2.13. The molecule has 1 heterocycles. The van der Waals surface area contributed by atoms with Gasteiger partial charge in [-0.25, -0.2) is 4.39 Å². The van der Waals surface area contributed by atoms with Crippen molar-refractivity contribution in [1.29, 1.82) is 5.41 Å². The highest BCUT2D eigenvalue weighted by molar-refractivity contribution is 6.12. The van der Waals surface area contributed by atoms with E-state index in [0.717, 1.165) is 5.56 Å². The van der Waals surface area contributed by atoms with Crippen molar-refractivity contribution in [2.45, 2.75) is 0 Å². The number of rotatable bonds is 3. The highest BCUT2D eigenvalue weighted by atomic mass is 19.1. The molecule has 3 aromatic rings. The first kappa shape index (κ1) is 15.7. The van der Waals surface area contributed by atoms with Crippen LogP contribution in [0.1, 0.15) is 11.1 Å². The zero-order valence-electron chi connectivity index (χ0n) is 13.0. The van der Waals surface area contributed by atoms with E-state index in [4.69, 9.17) is 5.41 Å². The van der Waals surface area contributed by atoms with E-state index < -0.39 is 11.4 Å². The maximum Gasteiger partial charge on any atom is 0.264 e. The second-order valence-corrected chi connectivity index (χ2v) is 5.40. The number of pyridine rings is 1. The smallest absolute Gasteiger partial charge is 0.264 e. The molecule has 120 valence electrons. The zero-order valence-corrected chi connectivity index (χ0v) is 13.0. The molecule has 24 heavy (non-hydrogen) atoms. The molecule has 0 fully saturated rings. The van der Waals surface area contributed by atoms with Crippen LogP contribution in [0.5, 0.6) is 5.75 Å². The molecule has 5 heteroatoms. The molecule has 0 atom stereocenters. The van der Waals surface area contributed by atoms with Gasteiger partial charge in [-0.3, -0.25) is 10.2 Å². The summed E-state index contributed by atoms with van der Waals surface area (Å²) in [6.07, 6.45) is 0. The molecule has 0 aliphatic carbocycles. The van der Waals surface area contributed by atoms with Gasteiger partial charge in [0.1, 0.15) is 17.1 Å². The Bertz CT molecular complexity index is 961. The Morgan fingerprint density at radius 2 is 1.71 bits per heavy atom. The number of benzene rings is 2. The Labute approximate surface area is 138 Å².